The van der Waals surface area contributed by atoms with E-state index in [2.05, 4.69) is 25.5 Å². The van der Waals surface area contributed by atoms with E-state index in [0.717, 1.165) is 31.8 Å². The lowest BCUT2D eigenvalue weighted by atomic mass is 9.99. The molecule has 0 aliphatic carbocycles. The summed E-state index contributed by atoms with van der Waals surface area (Å²) < 4.78 is 16.2. The lowest BCUT2D eigenvalue weighted by molar-refractivity contribution is 0.436. The summed E-state index contributed by atoms with van der Waals surface area (Å²) in [4.78, 5) is 7.98. The van der Waals surface area contributed by atoms with E-state index < -0.39 is 0 Å². The number of hydrogen-bond acceptors (Lipinski definition) is 6. The van der Waals surface area contributed by atoms with Crippen LogP contribution in [0.1, 0.15) is 37.2 Å². The fraction of sp³-hybridized carbons (Fsp3) is 0.571. The molecule has 1 N–H and O–H groups in total. The molecule has 22 heavy (non-hydrogen) atoms. The molecule has 2 aromatic rings. The number of hydrogen-bond donors (Lipinski definition) is 1. The third-order valence-electron chi connectivity index (χ3n) is 3.88. The van der Waals surface area contributed by atoms with Gasteiger partial charge in [0.15, 0.2) is 11.0 Å². The number of nitrogens with zero attached hydrogens (tertiary/aromatic N) is 5. The molecular weight excluding hydrogens is 303 g/mol. The number of piperidine rings is 1. The molecule has 8 heteroatoms. The van der Waals surface area contributed by atoms with Crippen LogP contribution in [0.5, 0.6) is 0 Å². The van der Waals surface area contributed by atoms with Crippen LogP contribution in [0.4, 0.5) is 4.39 Å². The Morgan fingerprint density at radius 2 is 2.27 bits per heavy atom. The first kappa shape index (κ1) is 15.4. The molecule has 0 spiro atoms. The van der Waals surface area contributed by atoms with E-state index >= 15 is 0 Å². The minimum atomic E-state index is -0.362. The second-order valence-electron chi connectivity index (χ2n) is 5.34. The van der Waals surface area contributed by atoms with Gasteiger partial charge >= 0.3 is 0 Å². The predicted molar refractivity (Wildman–Crippen MR) is 81.3 cm³/mol. The van der Waals surface area contributed by atoms with Crippen LogP contribution in [-0.2, 0) is 13.5 Å². The zero-order valence-corrected chi connectivity index (χ0v) is 13.5. The van der Waals surface area contributed by atoms with E-state index in [1.807, 2.05) is 18.5 Å². The fourth-order valence-electron chi connectivity index (χ4n) is 2.63. The van der Waals surface area contributed by atoms with E-state index in [9.17, 15) is 4.39 Å². The summed E-state index contributed by atoms with van der Waals surface area (Å²) in [6, 6.07) is 0. The molecule has 1 aliphatic rings. The smallest absolute Gasteiger partial charge is 0.197 e. The number of aryl methyl sites for hydroxylation is 1. The monoisotopic (exact) mass is 322 g/mol. The number of rotatable bonds is 4. The van der Waals surface area contributed by atoms with Gasteiger partial charge in [-0.05, 0) is 37.6 Å². The van der Waals surface area contributed by atoms with Gasteiger partial charge in [-0.1, -0.05) is 6.92 Å². The molecule has 0 unspecified atom stereocenters. The Labute approximate surface area is 133 Å². The zero-order chi connectivity index (χ0) is 15.5. The van der Waals surface area contributed by atoms with Gasteiger partial charge in [0, 0.05) is 19.5 Å². The Kier molecular flexibility index (Phi) is 4.68. The molecule has 1 fully saturated rings. The first-order valence-electron chi connectivity index (χ1n) is 7.48. The van der Waals surface area contributed by atoms with E-state index in [-0.39, 0.29) is 5.82 Å². The molecule has 1 saturated heterocycles. The maximum Gasteiger partial charge on any atom is 0.197 e. The number of halogens is 1. The Hall–Kier alpha value is -1.54. The van der Waals surface area contributed by atoms with Gasteiger partial charge in [0.1, 0.15) is 17.2 Å². The Morgan fingerprint density at radius 1 is 1.41 bits per heavy atom. The molecule has 0 amide bonds. The second-order valence-corrected chi connectivity index (χ2v) is 6.29. The van der Waals surface area contributed by atoms with Crippen LogP contribution in [0.3, 0.4) is 0 Å². The standard InChI is InChI=1S/C14H19FN6S/c1-3-10-11(15)13(18-8-17-10)22-14-20-19-12(21(14)2)9-5-4-6-16-7-9/h8-9,16H,3-7H2,1-2H3/t9-/m0/s1. The largest absolute Gasteiger partial charge is 0.316 e. The molecule has 1 atom stereocenters. The average Bonchev–Trinajstić information content (AvgIpc) is 2.91. The van der Waals surface area contributed by atoms with Crippen molar-refractivity contribution in [1.82, 2.24) is 30.0 Å². The summed E-state index contributed by atoms with van der Waals surface area (Å²) in [6.07, 6.45) is 4.18. The first-order valence-corrected chi connectivity index (χ1v) is 8.29. The molecule has 1 aliphatic heterocycles. The van der Waals surface area contributed by atoms with Gasteiger partial charge in [-0.2, -0.15) is 0 Å². The summed E-state index contributed by atoms with van der Waals surface area (Å²) in [5.41, 5.74) is 0.427. The maximum absolute atomic E-state index is 14.2. The molecule has 3 rings (SSSR count). The molecule has 0 saturated carbocycles. The van der Waals surface area contributed by atoms with Crippen molar-refractivity contribution in [3.8, 4) is 0 Å². The highest BCUT2D eigenvalue weighted by Gasteiger charge is 2.23. The molecule has 6 nitrogen and oxygen atoms in total. The summed E-state index contributed by atoms with van der Waals surface area (Å²) in [5, 5.41) is 12.8. The topological polar surface area (TPSA) is 68.5 Å². The molecular formula is C14H19FN6S. The number of nitrogens with one attached hydrogen (secondary N) is 1. The minimum absolute atomic E-state index is 0.302. The van der Waals surface area contributed by atoms with E-state index in [1.165, 1.54) is 18.1 Å². The van der Waals surface area contributed by atoms with Crippen molar-refractivity contribution < 1.29 is 4.39 Å². The van der Waals surface area contributed by atoms with Crippen LogP contribution in [0, 0.1) is 5.82 Å². The van der Waals surface area contributed by atoms with Crippen LogP contribution < -0.4 is 5.32 Å². The van der Waals surface area contributed by atoms with Gasteiger partial charge < -0.3 is 9.88 Å². The third kappa shape index (κ3) is 2.98. The molecule has 0 aromatic carbocycles. The summed E-state index contributed by atoms with van der Waals surface area (Å²) in [6.45, 7) is 3.84. The lowest BCUT2D eigenvalue weighted by Crippen LogP contribution is -2.29. The summed E-state index contributed by atoms with van der Waals surface area (Å²) in [7, 11) is 1.92. The second kappa shape index (κ2) is 6.70. The van der Waals surface area contributed by atoms with E-state index in [0.29, 0.717) is 28.2 Å². The van der Waals surface area contributed by atoms with Gasteiger partial charge in [-0.3, -0.25) is 0 Å². The van der Waals surface area contributed by atoms with Crippen molar-refractivity contribution in [3.63, 3.8) is 0 Å². The van der Waals surface area contributed by atoms with Crippen molar-refractivity contribution in [1.29, 1.82) is 0 Å². The first-order chi connectivity index (χ1) is 10.7. The predicted octanol–water partition coefficient (Wildman–Crippen LogP) is 1.92. The summed E-state index contributed by atoms with van der Waals surface area (Å²) >= 11 is 1.20. The molecule has 3 heterocycles. The third-order valence-corrected chi connectivity index (χ3v) is 4.90. The van der Waals surface area contributed by atoms with Crippen LogP contribution in [0.25, 0.3) is 0 Å². The Bertz CT molecular complexity index is 653. The van der Waals surface area contributed by atoms with Crippen LogP contribution in [0.2, 0.25) is 0 Å². The summed E-state index contributed by atoms with van der Waals surface area (Å²) in [5.74, 6) is 0.945. The van der Waals surface area contributed by atoms with Crippen molar-refractivity contribution >= 4 is 11.8 Å². The van der Waals surface area contributed by atoms with E-state index in [4.69, 9.17) is 0 Å². The molecule has 2 aromatic heterocycles. The maximum atomic E-state index is 14.2. The van der Waals surface area contributed by atoms with Crippen LogP contribution in [-0.4, -0.2) is 37.8 Å². The van der Waals surface area contributed by atoms with Crippen molar-refractivity contribution in [2.75, 3.05) is 13.1 Å². The van der Waals surface area contributed by atoms with Gasteiger partial charge in [0.2, 0.25) is 0 Å². The normalized spacial score (nSPS) is 18.6. The quantitative estimate of drug-likeness (QED) is 0.868. The fourth-order valence-corrected chi connectivity index (χ4v) is 3.43. The number of aromatic nitrogens is 5. The lowest BCUT2D eigenvalue weighted by Gasteiger charge is -2.21. The highest BCUT2D eigenvalue weighted by molar-refractivity contribution is 7.99. The van der Waals surface area contributed by atoms with Gasteiger partial charge in [0.25, 0.3) is 0 Å². The SMILES string of the molecule is CCc1ncnc(Sc2nnc([C@H]3CCCNC3)n2C)c1F. The molecule has 118 valence electrons. The zero-order valence-electron chi connectivity index (χ0n) is 12.7. The minimum Gasteiger partial charge on any atom is -0.316 e. The average molecular weight is 322 g/mol. The van der Waals surface area contributed by atoms with Crippen molar-refractivity contribution in [2.45, 2.75) is 42.3 Å². The molecule has 0 bridgehead atoms. The molecule has 0 radical (unpaired) electrons. The Morgan fingerprint density at radius 3 is 3.00 bits per heavy atom. The van der Waals surface area contributed by atoms with Crippen LogP contribution >= 0.6 is 11.8 Å². The van der Waals surface area contributed by atoms with Crippen molar-refractivity contribution in [3.05, 3.63) is 23.7 Å². The van der Waals surface area contributed by atoms with Crippen LogP contribution in [0.15, 0.2) is 16.5 Å². The highest BCUT2D eigenvalue weighted by atomic mass is 32.2. The van der Waals surface area contributed by atoms with E-state index in [1.54, 1.807) is 0 Å². The van der Waals surface area contributed by atoms with Gasteiger partial charge in [-0.25, -0.2) is 14.4 Å². The van der Waals surface area contributed by atoms with Gasteiger partial charge in [-0.15, -0.1) is 10.2 Å². The van der Waals surface area contributed by atoms with Gasteiger partial charge in [0.05, 0.1) is 5.69 Å². The van der Waals surface area contributed by atoms with Crippen molar-refractivity contribution in [2.24, 2.45) is 7.05 Å². The highest BCUT2D eigenvalue weighted by Crippen LogP contribution is 2.30. The Balaban J connectivity index is 1.83.